The lowest BCUT2D eigenvalue weighted by molar-refractivity contribution is -0.144. The van der Waals surface area contributed by atoms with Crippen molar-refractivity contribution in [1.82, 2.24) is 0 Å². The standard InChI is InChI=1S/C24H46O4S/c1-3-5-7-9-10-11-12-13-14-16-20-28-24(26)18-22-29-21-17-23(25)27-19-15-8-6-4-2/h3-22H2,1-2H3. The molecule has 0 aromatic heterocycles. The van der Waals surface area contributed by atoms with Crippen LogP contribution in [0.3, 0.4) is 0 Å². The van der Waals surface area contributed by atoms with E-state index in [4.69, 9.17) is 9.47 Å². The highest BCUT2D eigenvalue weighted by molar-refractivity contribution is 7.99. The van der Waals surface area contributed by atoms with Gasteiger partial charge in [0.1, 0.15) is 0 Å². The molecule has 0 saturated heterocycles. The van der Waals surface area contributed by atoms with Gasteiger partial charge >= 0.3 is 11.9 Å². The molecule has 5 heteroatoms. The maximum Gasteiger partial charge on any atom is 0.306 e. The number of carbonyl (C=O) groups excluding carboxylic acids is 2. The van der Waals surface area contributed by atoms with Crippen LogP contribution in [-0.2, 0) is 19.1 Å². The molecule has 4 nitrogen and oxygen atoms in total. The number of carbonyl (C=O) groups is 2. The Labute approximate surface area is 184 Å². The number of ether oxygens (including phenoxy) is 2. The quantitative estimate of drug-likeness (QED) is 0.136. The minimum Gasteiger partial charge on any atom is -0.466 e. The molecular formula is C24H46O4S. The zero-order valence-corrected chi connectivity index (χ0v) is 20.0. The SMILES string of the molecule is CCCCCCCCCCCCOC(=O)CCSCCC(=O)OCCCCCC. The smallest absolute Gasteiger partial charge is 0.306 e. The average molecular weight is 431 g/mol. The zero-order chi connectivity index (χ0) is 21.4. The molecule has 0 aliphatic heterocycles. The fourth-order valence-electron chi connectivity index (χ4n) is 3.05. The summed E-state index contributed by atoms with van der Waals surface area (Å²) in [5.74, 6) is 1.17. The van der Waals surface area contributed by atoms with Crippen molar-refractivity contribution >= 4 is 23.7 Å². The van der Waals surface area contributed by atoms with E-state index in [9.17, 15) is 9.59 Å². The molecule has 0 aliphatic carbocycles. The topological polar surface area (TPSA) is 52.6 Å². The van der Waals surface area contributed by atoms with Crippen LogP contribution in [0.25, 0.3) is 0 Å². The third-order valence-electron chi connectivity index (χ3n) is 4.92. The molecule has 0 bridgehead atoms. The molecular weight excluding hydrogens is 384 g/mol. The van der Waals surface area contributed by atoms with Crippen LogP contribution in [0.1, 0.15) is 117 Å². The van der Waals surface area contributed by atoms with E-state index in [0.717, 1.165) is 25.7 Å². The minimum atomic E-state index is -0.127. The normalized spacial score (nSPS) is 10.8. The Hall–Kier alpha value is -0.710. The van der Waals surface area contributed by atoms with Gasteiger partial charge in [0.05, 0.1) is 26.1 Å². The summed E-state index contributed by atoms with van der Waals surface area (Å²) >= 11 is 1.62. The number of thioether (sulfide) groups is 1. The molecule has 0 aromatic rings. The predicted octanol–water partition coefficient (Wildman–Crippen LogP) is 7.09. The van der Waals surface area contributed by atoms with E-state index in [2.05, 4.69) is 13.8 Å². The van der Waals surface area contributed by atoms with Crippen molar-refractivity contribution in [2.45, 2.75) is 117 Å². The zero-order valence-electron chi connectivity index (χ0n) is 19.2. The summed E-state index contributed by atoms with van der Waals surface area (Å²) in [6.07, 6.45) is 18.1. The van der Waals surface area contributed by atoms with E-state index in [1.54, 1.807) is 11.8 Å². The molecule has 0 fully saturated rings. The van der Waals surface area contributed by atoms with Crippen LogP contribution < -0.4 is 0 Å². The van der Waals surface area contributed by atoms with E-state index in [-0.39, 0.29) is 11.9 Å². The second-order valence-corrected chi connectivity index (χ2v) is 9.02. The largest absolute Gasteiger partial charge is 0.466 e. The van der Waals surface area contributed by atoms with Crippen LogP contribution >= 0.6 is 11.8 Å². The molecule has 0 aromatic carbocycles. The minimum absolute atomic E-state index is 0.119. The molecule has 0 radical (unpaired) electrons. The van der Waals surface area contributed by atoms with Gasteiger partial charge in [-0.05, 0) is 12.8 Å². The second-order valence-electron chi connectivity index (χ2n) is 7.80. The van der Waals surface area contributed by atoms with Gasteiger partial charge in [0.25, 0.3) is 0 Å². The van der Waals surface area contributed by atoms with Crippen LogP contribution in [0.2, 0.25) is 0 Å². The number of hydrogen-bond donors (Lipinski definition) is 0. The van der Waals surface area contributed by atoms with Gasteiger partial charge in [-0.2, -0.15) is 11.8 Å². The van der Waals surface area contributed by atoms with Gasteiger partial charge in [0.15, 0.2) is 0 Å². The van der Waals surface area contributed by atoms with Crippen molar-refractivity contribution in [3.8, 4) is 0 Å². The van der Waals surface area contributed by atoms with E-state index in [0.29, 0.717) is 37.6 Å². The van der Waals surface area contributed by atoms with Crippen molar-refractivity contribution in [3.63, 3.8) is 0 Å². The Morgan fingerprint density at radius 3 is 1.31 bits per heavy atom. The lowest BCUT2D eigenvalue weighted by Gasteiger charge is -2.06. The Balaban J connectivity index is 3.27. The fourth-order valence-corrected chi connectivity index (χ4v) is 3.87. The van der Waals surface area contributed by atoms with Crippen molar-refractivity contribution in [1.29, 1.82) is 0 Å². The Bertz CT molecular complexity index is 374. The van der Waals surface area contributed by atoms with Gasteiger partial charge < -0.3 is 9.47 Å². The average Bonchev–Trinajstić information content (AvgIpc) is 2.71. The number of unbranched alkanes of at least 4 members (excludes halogenated alkanes) is 12. The first-order valence-electron chi connectivity index (χ1n) is 12.1. The van der Waals surface area contributed by atoms with Crippen LogP contribution in [0.5, 0.6) is 0 Å². The molecule has 0 atom stereocenters. The first kappa shape index (κ1) is 28.3. The summed E-state index contributed by atoms with van der Waals surface area (Å²) < 4.78 is 10.5. The highest BCUT2D eigenvalue weighted by atomic mass is 32.2. The first-order valence-corrected chi connectivity index (χ1v) is 13.2. The summed E-state index contributed by atoms with van der Waals surface area (Å²) in [5, 5.41) is 0. The van der Waals surface area contributed by atoms with Crippen LogP contribution in [0, 0.1) is 0 Å². The second kappa shape index (κ2) is 23.6. The monoisotopic (exact) mass is 430 g/mol. The molecule has 172 valence electrons. The predicted molar refractivity (Wildman–Crippen MR) is 124 cm³/mol. The summed E-state index contributed by atoms with van der Waals surface area (Å²) in [5.41, 5.74) is 0. The van der Waals surface area contributed by atoms with Crippen molar-refractivity contribution in [2.75, 3.05) is 24.7 Å². The number of hydrogen-bond acceptors (Lipinski definition) is 5. The summed E-state index contributed by atoms with van der Waals surface area (Å²) in [6, 6.07) is 0. The lowest BCUT2D eigenvalue weighted by Crippen LogP contribution is -2.09. The van der Waals surface area contributed by atoms with Crippen LogP contribution in [0.15, 0.2) is 0 Å². The Kier molecular flexibility index (Phi) is 23.0. The molecule has 0 saturated carbocycles. The molecule has 29 heavy (non-hydrogen) atoms. The van der Waals surface area contributed by atoms with Crippen molar-refractivity contribution < 1.29 is 19.1 Å². The summed E-state index contributed by atoms with van der Waals surface area (Å²) in [4.78, 5) is 23.3. The highest BCUT2D eigenvalue weighted by Gasteiger charge is 2.05. The Morgan fingerprint density at radius 1 is 0.552 bits per heavy atom. The van der Waals surface area contributed by atoms with Gasteiger partial charge in [-0.25, -0.2) is 0 Å². The molecule has 0 spiro atoms. The van der Waals surface area contributed by atoms with E-state index < -0.39 is 0 Å². The molecule has 0 N–H and O–H groups in total. The van der Waals surface area contributed by atoms with Gasteiger partial charge in [0, 0.05) is 11.5 Å². The van der Waals surface area contributed by atoms with E-state index in [1.807, 2.05) is 0 Å². The molecule has 0 aliphatic rings. The van der Waals surface area contributed by atoms with Crippen LogP contribution in [-0.4, -0.2) is 36.7 Å². The first-order chi connectivity index (χ1) is 14.2. The number of rotatable bonds is 22. The Morgan fingerprint density at radius 2 is 0.897 bits per heavy atom. The third-order valence-corrected chi connectivity index (χ3v) is 5.91. The summed E-state index contributed by atoms with van der Waals surface area (Å²) in [6.45, 7) is 5.50. The molecule has 0 rings (SSSR count). The van der Waals surface area contributed by atoms with Gasteiger partial charge in [0.2, 0.25) is 0 Å². The molecule has 0 unspecified atom stereocenters. The maximum absolute atomic E-state index is 11.7. The van der Waals surface area contributed by atoms with Crippen LogP contribution in [0.4, 0.5) is 0 Å². The lowest BCUT2D eigenvalue weighted by atomic mass is 10.1. The van der Waals surface area contributed by atoms with Gasteiger partial charge in [-0.3, -0.25) is 9.59 Å². The van der Waals surface area contributed by atoms with Gasteiger partial charge in [-0.1, -0.05) is 90.9 Å². The molecule has 0 amide bonds. The van der Waals surface area contributed by atoms with Crippen molar-refractivity contribution in [3.05, 3.63) is 0 Å². The fraction of sp³-hybridized carbons (Fsp3) is 0.917. The third kappa shape index (κ3) is 23.4. The highest BCUT2D eigenvalue weighted by Crippen LogP contribution is 2.11. The number of esters is 2. The van der Waals surface area contributed by atoms with Gasteiger partial charge in [-0.15, -0.1) is 0 Å². The van der Waals surface area contributed by atoms with Crippen molar-refractivity contribution in [2.24, 2.45) is 0 Å². The van der Waals surface area contributed by atoms with E-state index in [1.165, 1.54) is 64.2 Å². The molecule has 0 heterocycles. The summed E-state index contributed by atoms with van der Waals surface area (Å²) in [7, 11) is 0. The van der Waals surface area contributed by atoms with E-state index >= 15 is 0 Å². The maximum atomic E-state index is 11.7.